The molecule has 0 amide bonds. The number of nitrogens with zero attached hydrogens (tertiary/aromatic N) is 2. The number of hydrogen-bond donors (Lipinski definition) is 1. The summed E-state index contributed by atoms with van der Waals surface area (Å²) in [4.78, 5) is 9.27. The van der Waals surface area contributed by atoms with Crippen molar-refractivity contribution in [3.05, 3.63) is 23.8 Å². The summed E-state index contributed by atoms with van der Waals surface area (Å²) in [5.41, 5.74) is 7.11. The Kier molecular flexibility index (Phi) is 5.98. The highest BCUT2D eigenvalue weighted by Gasteiger charge is 2.28. The van der Waals surface area contributed by atoms with Gasteiger partial charge in [-0.05, 0) is 18.9 Å². The van der Waals surface area contributed by atoms with Crippen LogP contribution in [0.4, 0.5) is 0 Å². The van der Waals surface area contributed by atoms with Gasteiger partial charge in [-0.15, -0.1) is 11.8 Å². The summed E-state index contributed by atoms with van der Waals surface area (Å²) in [5, 5.41) is 1.09. The van der Waals surface area contributed by atoms with Gasteiger partial charge in [0, 0.05) is 41.1 Å². The predicted octanol–water partition coefficient (Wildman–Crippen LogP) is 3.06. The maximum atomic E-state index is 6.02. The van der Waals surface area contributed by atoms with Crippen LogP contribution in [0.2, 0.25) is 0 Å². The van der Waals surface area contributed by atoms with E-state index < -0.39 is 0 Å². The molecule has 0 radical (unpaired) electrons. The van der Waals surface area contributed by atoms with E-state index in [4.69, 9.17) is 10.7 Å². The molecule has 1 aliphatic rings. The minimum Gasteiger partial charge on any atom is -0.327 e. The van der Waals surface area contributed by atoms with Crippen LogP contribution in [0, 0.1) is 0 Å². The van der Waals surface area contributed by atoms with Crippen molar-refractivity contribution in [2.45, 2.75) is 49.7 Å². The second kappa shape index (κ2) is 7.50. The fourth-order valence-corrected chi connectivity index (χ4v) is 5.22. The van der Waals surface area contributed by atoms with E-state index in [9.17, 15) is 0 Å². The second-order valence-corrected chi connectivity index (χ2v) is 7.48. The lowest BCUT2D eigenvalue weighted by Gasteiger charge is -2.28. The molecule has 3 nitrogen and oxygen atoms in total. The summed E-state index contributed by atoms with van der Waals surface area (Å²) in [6.07, 6.45) is 4.93. The highest BCUT2D eigenvalue weighted by Crippen LogP contribution is 2.42. The predicted molar refractivity (Wildman–Crippen MR) is 85.7 cm³/mol. The largest absolute Gasteiger partial charge is 0.327 e. The minimum absolute atomic E-state index is 0.207. The quantitative estimate of drug-likeness (QED) is 0.905. The van der Waals surface area contributed by atoms with Gasteiger partial charge < -0.3 is 5.73 Å². The van der Waals surface area contributed by atoms with Gasteiger partial charge in [-0.2, -0.15) is 11.8 Å². The number of nitrogens with two attached hydrogens (primary N) is 1. The van der Waals surface area contributed by atoms with E-state index in [0.717, 1.165) is 24.4 Å². The highest BCUT2D eigenvalue weighted by atomic mass is 32.2. The molecule has 106 valence electrons. The van der Waals surface area contributed by atoms with E-state index in [1.807, 2.05) is 24.0 Å². The molecule has 5 heteroatoms. The third-order valence-corrected chi connectivity index (χ3v) is 6.68. The Morgan fingerprint density at radius 1 is 1.37 bits per heavy atom. The van der Waals surface area contributed by atoms with E-state index in [2.05, 4.69) is 30.6 Å². The van der Waals surface area contributed by atoms with Crippen LogP contribution in [-0.4, -0.2) is 32.8 Å². The van der Waals surface area contributed by atoms with Crippen molar-refractivity contribution in [1.82, 2.24) is 9.97 Å². The molecule has 2 N–H and O–H groups in total. The lowest BCUT2D eigenvalue weighted by atomic mass is 10.1. The molecule has 2 rings (SSSR count). The summed E-state index contributed by atoms with van der Waals surface area (Å²) in [7, 11) is 0. The molecule has 1 aromatic rings. The normalized spacial score (nSPS) is 25.2. The first-order valence-corrected chi connectivity index (χ1v) is 9.15. The van der Waals surface area contributed by atoms with Gasteiger partial charge in [0.15, 0.2) is 0 Å². The van der Waals surface area contributed by atoms with Crippen LogP contribution in [0.25, 0.3) is 0 Å². The molecular weight excluding hydrogens is 274 g/mol. The third kappa shape index (κ3) is 4.10. The van der Waals surface area contributed by atoms with E-state index in [1.165, 1.54) is 17.9 Å². The summed E-state index contributed by atoms with van der Waals surface area (Å²) in [6, 6.07) is 2.21. The zero-order chi connectivity index (χ0) is 13.7. The molecule has 3 atom stereocenters. The zero-order valence-electron chi connectivity index (χ0n) is 11.7. The molecule has 0 spiro atoms. The lowest BCUT2D eigenvalue weighted by molar-refractivity contribution is 0.629. The topological polar surface area (TPSA) is 51.8 Å². The maximum absolute atomic E-state index is 6.02. The molecule has 3 unspecified atom stereocenters. The van der Waals surface area contributed by atoms with E-state index in [0.29, 0.717) is 10.5 Å². The standard InChI is InChI=1S/C14H23N3S2/c1-3-10(15)9-11-5-6-16-14(17-11)13-12(4-2)18-7-8-19-13/h5-6,10,12-13H,3-4,7-9,15H2,1-2H3. The first kappa shape index (κ1) is 15.1. The molecule has 0 bridgehead atoms. The highest BCUT2D eigenvalue weighted by molar-refractivity contribution is 8.06. The van der Waals surface area contributed by atoms with Crippen LogP contribution < -0.4 is 5.73 Å². The van der Waals surface area contributed by atoms with Crippen LogP contribution in [0.15, 0.2) is 12.3 Å². The smallest absolute Gasteiger partial charge is 0.142 e. The Labute approximate surface area is 124 Å². The molecule has 1 aromatic heterocycles. The number of thioether (sulfide) groups is 2. The lowest BCUT2D eigenvalue weighted by Crippen LogP contribution is -2.24. The van der Waals surface area contributed by atoms with Crippen LogP contribution >= 0.6 is 23.5 Å². The van der Waals surface area contributed by atoms with E-state index >= 15 is 0 Å². The van der Waals surface area contributed by atoms with Crippen LogP contribution in [-0.2, 0) is 6.42 Å². The van der Waals surface area contributed by atoms with Gasteiger partial charge in [0.1, 0.15) is 5.82 Å². The van der Waals surface area contributed by atoms with Crippen molar-refractivity contribution in [3.63, 3.8) is 0 Å². The van der Waals surface area contributed by atoms with Gasteiger partial charge in [-0.1, -0.05) is 13.8 Å². The fourth-order valence-electron chi connectivity index (χ4n) is 2.22. The Morgan fingerprint density at radius 3 is 2.89 bits per heavy atom. The Balaban J connectivity index is 2.12. The van der Waals surface area contributed by atoms with Gasteiger partial charge in [0.2, 0.25) is 0 Å². The van der Waals surface area contributed by atoms with Crippen LogP contribution in [0.5, 0.6) is 0 Å². The minimum atomic E-state index is 0.207. The summed E-state index contributed by atoms with van der Waals surface area (Å²) < 4.78 is 0. The maximum Gasteiger partial charge on any atom is 0.142 e. The first-order chi connectivity index (χ1) is 9.24. The van der Waals surface area contributed by atoms with Crippen molar-refractivity contribution in [1.29, 1.82) is 0 Å². The van der Waals surface area contributed by atoms with E-state index in [1.54, 1.807) is 0 Å². The van der Waals surface area contributed by atoms with Crippen LogP contribution in [0.3, 0.4) is 0 Å². The van der Waals surface area contributed by atoms with Crippen LogP contribution in [0.1, 0.15) is 43.5 Å². The molecule has 1 aliphatic heterocycles. The number of hydrogen-bond acceptors (Lipinski definition) is 5. The molecule has 0 aromatic carbocycles. The first-order valence-electron chi connectivity index (χ1n) is 7.05. The van der Waals surface area contributed by atoms with Gasteiger partial charge in [-0.3, -0.25) is 0 Å². The van der Waals surface area contributed by atoms with Gasteiger partial charge in [-0.25, -0.2) is 9.97 Å². The van der Waals surface area contributed by atoms with Crippen molar-refractivity contribution in [2.24, 2.45) is 5.73 Å². The van der Waals surface area contributed by atoms with Crippen molar-refractivity contribution < 1.29 is 0 Å². The van der Waals surface area contributed by atoms with Crippen molar-refractivity contribution >= 4 is 23.5 Å². The van der Waals surface area contributed by atoms with E-state index in [-0.39, 0.29) is 6.04 Å². The molecule has 0 aliphatic carbocycles. The molecule has 1 fully saturated rings. The molecule has 0 saturated carbocycles. The summed E-state index contributed by atoms with van der Waals surface area (Å²) in [6.45, 7) is 4.38. The Bertz CT molecular complexity index is 400. The molecule has 1 saturated heterocycles. The SMILES string of the molecule is CCC(N)Cc1ccnc(C2SCCSC2CC)n1. The Morgan fingerprint density at radius 2 is 2.16 bits per heavy atom. The average molecular weight is 297 g/mol. The fraction of sp³-hybridized carbons (Fsp3) is 0.714. The molecular formula is C14H23N3S2. The molecule has 2 heterocycles. The summed E-state index contributed by atoms with van der Waals surface area (Å²) in [5.74, 6) is 3.46. The van der Waals surface area contributed by atoms with Crippen molar-refractivity contribution in [3.8, 4) is 0 Å². The van der Waals surface area contributed by atoms with Gasteiger partial charge in [0.25, 0.3) is 0 Å². The molecule has 19 heavy (non-hydrogen) atoms. The number of rotatable bonds is 5. The van der Waals surface area contributed by atoms with Crippen molar-refractivity contribution in [2.75, 3.05) is 11.5 Å². The monoisotopic (exact) mass is 297 g/mol. The van der Waals surface area contributed by atoms with Gasteiger partial charge in [0.05, 0.1) is 5.25 Å². The Hall–Kier alpha value is -0.260. The summed E-state index contributed by atoms with van der Waals surface area (Å²) >= 11 is 4.07. The number of aromatic nitrogens is 2. The second-order valence-electron chi connectivity index (χ2n) is 4.89. The zero-order valence-corrected chi connectivity index (χ0v) is 13.3. The third-order valence-electron chi connectivity index (χ3n) is 3.43. The average Bonchev–Trinajstić information content (AvgIpc) is 2.47. The van der Waals surface area contributed by atoms with Gasteiger partial charge >= 0.3 is 0 Å².